The Morgan fingerprint density at radius 1 is 1.15 bits per heavy atom. The summed E-state index contributed by atoms with van der Waals surface area (Å²) in [5, 5.41) is 2.92. The first kappa shape index (κ1) is 17.6. The number of pyridine rings is 1. The van der Waals surface area contributed by atoms with E-state index in [1.165, 1.54) is 4.90 Å². The van der Waals surface area contributed by atoms with Crippen LogP contribution in [-0.2, 0) is 4.79 Å². The number of thioether (sulfide) groups is 1. The number of fused-ring (bicyclic) bond motifs is 1. The standard InChI is InChI=1S/C20H20N4O2S/c1-14-15-5-2-3-6-16(15)20(26)24(14)13-18(25)22-17-7-4-8-21-19(17)23-9-11-27-12-10-23/h2-8H,1,9-13H2,(H,22,25). The SMILES string of the molecule is C=C1c2ccccc2C(=O)N1CC(=O)Nc1cccnc1N1CCSCC1. The molecular weight excluding hydrogens is 360 g/mol. The lowest BCUT2D eigenvalue weighted by molar-refractivity contribution is -0.116. The van der Waals surface area contributed by atoms with Gasteiger partial charge in [-0.1, -0.05) is 24.8 Å². The molecule has 2 aliphatic heterocycles. The molecule has 2 aliphatic rings. The van der Waals surface area contributed by atoms with Gasteiger partial charge in [0.15, 0.2) is 5.82 Å². The van der Waals surface area contributed by atoms with Crippen LogP contribution in [0.2, 0.25) is 0 Å². The number of hydrogen-bond donors (Lipinski definition) is 1. The van der Waals surface area contributed by atoms with Crippen LogP contribution in [0.25, 0.3) is 5.70 Å². The van der Waals surface area contributed by atoms with Gasteiger partial charge in [0.25, 0.3) is 5.91 Å². The molecule has 0 unspecified atom stereocenters. The van der Waals surface area contributed by atoms with Crippen LogP contribution in [0.1, 0.15) is 15.9 Å². The third-order valence-electron chi connectivity index (χ3n) is 4.71. The molecule has 3 heterocycles. The van der Waals surface area contributed by atoms with Crippen molar-refractivity contribution in [2.75, 3.05) is 41.4 Å². The zero-order chi connectivity index (χ0) is 18.8. The second-order valence-corrected chi connectivity index (χ2v) is 7.63. The summed E-state index contributed by atoms with van der Waals surface area (Å²) in [5.41, 5.74) is 2.60. The fraction of sp³-hybridized carbons (Fsp3) is 0.250. The van der Waals surface area contributed by atoms with Gasteiger partial charge in [0, 0.05) is 47.6 Å². The highest BCUT2D eigenvalue weighted by Gasteiger charge is 2.32. The fourth-order valence-electron chi connectivity index (χ4n) is 3.36. The highest BCUT2D eigenvalue weighted by molar-refractivity contribution is 7.99. The first-order chi connectivity index (χ1) is 13.1. The smallest absolute Gasteiger partial charge is 0.259 e. The lowest BCUT2D eigenvalue weighted by atomic mass is 10.1. The first-order valence-electron chi connectivity index (χ1n) is 8.83. The van der Waals surface area contributed by atoms with Crippen LogP contribution in [0.4, 0.5) is 11.5 Å². The zero-order valence-corrected chi connectivity index (χ0v) is 15.7. The fourth-order valence-corrected chi connectivity index (χ4v) is 4.26. The van der Waals surface area contributed by atoms with Gasteiger partial charge in [0.1, 0.15) is 6.54 Å². The molecule has 0 aliphatic carbocycles. The van der Waals surface area contributed by atoms with E-state index >= 15 is 0 Å². The Morgan fingerprint density at radius 3 is 2.63 bits per heavy atom. The van der Waals surface area contributed by atoms with Gasteiger partial charge < -0.3 is 10.2 Å². The number of benzene rings is 1. The van der Waals surface area contributed by atoms with E-state index in [4.69, 9.17) is 0 Å². The van der Waals surface area contributed by atoms with E-state index in [0.29, 0.717) is 16.9 Å². The monoisotopic (exact) mass is 380 g/mol. The van der Waals surface area contributed by atoms with E-state index in [9.17, 15) is 9.59 Å². The Morgan fingerprint density at radius 2 is 1.89 bits per heavy atom. The zero-order valence-electron chi connectivity index (χ0n) is 14.9. The van der Waals surface area contributed by atoms with Crippen molar-refractivity contribution < 1.29 is 9.59 Å². The van der Waals surface area contributed by atoms with E-state index in [2.05, 4.69) is 21.8 Å². The Bertz CT molecular complexity index is 873. The molecule has 1 fully saturated rings. The molecular formula is C20H20N4O2S. The lowest BCUT2D eigenvalue weighted by Gasteiger charge is -2.29. The van der Waals surface area contributed by atoms with Gasteiger partial charge in [0.05, 0.1) is 5.69 Å². The molecule has 4 rings (SSSR count). The molecule has 0 saturated carbocycles. The third-order valence-corrected chi connectivity index (χ3v) is 5.65. The molecule has 0 bridgehead atoms. The number of carbonyl (C=O) groups is 2. The first-order valence-corrected chi connectivity index (χ1v) is 9.98. The van der Waals surface area contributed by atoms with E-state index < -0.39 is 0 Å². The normalized spacial score (nSPS) is 16.4. The van der Waals surface area contributed by atoms with Crippen molar-refractivity contribution >= 4 is 40.8 Å². The highest BCUT2D eigenvalue weighted by atomic mass is 32.2. The quantitative estimate of drug-likeness (QED) is 0.884. The number of nitrogens with one attached hydrogen (secondary N) is 1. The van der Waals surface area contributed by atoms with Crippen LogP contribution in [0.15, 0.2) is 49.2 Å². The number of nitrogens with zero attached hydrogens (tertiary/aromatic N) is 3. The summed E-state index contributed by atoms with van der Waals surface area (Å²) in [5.74, 6) is 2.42. The van der Waals surface area contributed by atoms with E-state index in [1.807, 2.05) is 36.0 Å². The number of rotatable bonds is 4. The minimum absolute atomic E-state index is 0.0729. The molecule has 0 radical (unpaired) electrons. The van der Waals surface area contributed by atoms with Crippen molar-refractivity contribution in [3.8, 4) is 0 Å². The number of anilines is 2. The van der Waals surface area contributed by atoms with Gasteiger partial charge >= 0.3 is 0 Å². The Balaban J connectivity index is 1.48. The van der Waals surface area contributed by atoms with Crippen LogP contribution in [0, 0.1) is 0 Å². The highest BCUT2D eigenvalue weighted by Crippen LogP contribution is 2.31. The second kappa shape index (κ2) is 7.44. The molecule has 2 amide bonds. The average Bonchev–Trinajstić information content (AvgIpc) is 2.94. The van der Waals surface area contributed by atoms with Crippen molar-refractivity contribution in [3.63, 3.8) is 0 Å². The Labute approximate surface area is 162 Å². The lowest BCUT2D eigenvalue weighted by Crippen LogP contribution is -2.35. The maximum absolute atomic E-state index is 12.6. The minimum Gasteiger partial charge on any atom is -0.353 e. The van der Waals surface area contributed by atoms with Gasteiger partial charge in [-0.15, -0.1) is 0 Å². The maximum Gasteiger partial charge on any atom is 0.259 e. The van der Waals surface area contributed by atoms with Crippen molar-refractivity contribution in [1.29, 1.82) is 0 Å². The van der Waals surface area contributed by atoms with Crippen LogP contribution in [-0.4, -0.2) is 52.8 Å². The molecule has 2 aromatic rings. The van der Waals surface area contributed by atoms with Crippen LogP contribution in [0.5, 0.6) is 0 Å². The molecule has 6 nitrogen and oxygen atoms in total. The van der Waals surface area contributed by atoms with Crippen molar-refractivity contribution in [1.82, 2.24) is 9.88 Å². The van der Waals surface area contributed by atoms with Crippen LogP contribution < -0.4 is 10.2 Å². The van der Waals surface area contributed by atoms with E-state index in [-0.39, 0.29) is 18.4 Å². The molecule has 0 spiro atoms. The van der Waals surface area contributed by atoms with Crippen molar-refractivity contribution in [2.45, 2.75) is 0 Å². The maximum atomic E-state index is 12.6. The largest absolute Gasteiger partial charge is 0.353 e. The molecule has 1 aromatic heterocycles. The third kappa shape index (κ3) is 3.42. The van der Waals surface area contributed by atoms with Gasteiger partial charge in [0.2, 0.25) is 5.91 Å². The minimum atomic E-state index is -0.266. The molecule has 1 saturated heterocycles. The predicted molar refractivity (Wildman–Crippen MR) is 109 cm³/mol. The molecule has 138 valence electrons. The summed E-state index contributed by atoms with van der Waals surface area (Å²) >= 11 is 1.92. The topological polar surface area (TPSA) is 65.5 Å². The summed E-state index contributed by atoms with van der Waals surface area (Å²) in [6, 6.07) is 10.9. The molecule has 27 heavy (non-hydrogen) atoms. The number of aromatic nitrogens is 1. The van der Waals surface area contributed by atoms with Crippen LogP contribution >= 0.6 is 11.8 Å². The van der Waals surface area contributed by atoms with Crippen molar-refractivity contribution in [3.05, 3.63) is 60.3 Å². The van der Waals surface area contributed by atoms with E-state index in [1.54, 1.807) is 18.3 Å². The van der Waals surface area contributed by atoms with Gasteiger partial charge in [-0.2, -0.15) is 11.8 Å². The summed E-state index contributed by atoms with van der Waals surface area (Å²) in [7, 11) is 0. The summed E-state index contributed by atoms with van der Waals surface area (Å²) in [6.07, 6.45) is 1.73. The van der Waals surface area contributed by atoms with Crippen LogP contribution in [0.3, 0.4) is 0 Å². The Kier molecular flexibility index (Phi) is 4.85. The van der Waals surface area contributed by atoms with Gasteiger partial charge in [-0.3, -0.25) is 14.5 Å². The summed E-state index contributed by atoms with van der Waals surface area (Å²) in [4.78, 5) is 33.3. The molecule has 0 atom stereocenters. The summed E-state index contributed by atoms with van der Waals surface area (Å²) < 4.78 is 0. The average molecular weight is 380 g/mol. The van der Waals surface area contributed by atoms with Gasteiger partial charge in [-0.05, 0) is 18.2 Å². The summed E-state index contributed by atoms with van der Waals surface area (Å²) in [6.45, 7) is 5.72. The number of carbonyl (C=O) groups excluding carboxylic acids is 2. The van der Waals surface area contributed by atoms with Crippen molar-refractivity contribution in [2.24, 2.45) is 0 Å². The molecule has 1 N–H and O–H groups in total. The predicted octanol–water partition coefficient (Wildman–Crippen LogP) is 2.70. The Hall–Kier alpha value is -2.80. The second-order valence-electron chi connectivity index (χ2n) is 6.41. The van der Waals surface area contributed by atoms with Gasteiger partial charge in [-0.25, -0.2) is 4.98 Å². The van der Waals surface area contributed by atoms with E-state index in [0.717, 1.165) is 36.0 Å². The molecule has 1 aromatic carbocycles. The molecule has 7 heteroatoms. The number of hydrogen-bond acceptors (Lipinski definition) is 5. The number of amides is 2.